The summed E-state index contributed by atoms with van der Waals surface area (Å²) in [5, 5.41) is 0.894. The van der Waals surface area contributed by atoms with Gasteiger partial charge in [0.25, 0.3) is 0 Å². The summed E-state index contributed by atoms with van der Waals surface area (Å²) >= 11 is 3.46. The van der Waals surface area contributed by atoms with E-state index in [0.717, 1.165) is 17.6 Å². The topological polar surface area (TPSA) is 39.4 Å². The molecule has 0 amide bonds. The lowest BCUT2D eigenvalue weighted by Gasteiger charge is -2.07. The zero-order chi connectivity index (χ0) is 12.3. The van der Waals surface area contributed by atoms with Crippen LogP contribution >= 0.6 is 15.9 Å². The van der Waals surface area contributed by atoms with Crippen LogP contribution in [0.1, 0.15) is 13.3 Å². The molecular formula is C13H13BrO3. The third-order valence-corrected chi connectivity index (χ3v) is 2.84. The Morgan fingerprint density at radius 3 is 2.88 bits per heavy atom. The normalized spacial score (nSPS) is 12.6. The molecule has 4 heteroatoms. The number of hydrogen-bond acceptors (Lipinski definition) is 3. The van der Waals surface area contributed by atoms with Crippen molar-refractivity contribution in [2.45, 2.75) is 18.2 Å². The van der Waals surface area contributed by atoms with Crippen LogP contribution in [0.5, 0.6) is 5.75 Å². The molecular weight excluding hydrogens is 284 g/mol. The van der Waals surface area contributed by atoms with E-state index >= 15 is 0 Å². The Labute approximate surface area is 108 Å². The van der Waals surface area contributed by atoms with E-state index in [-0.39, 0.29) is 5.63 Å². The number of ether oxygens (including phenoxy) is 1. The van der Waals surface area contributed by atoms with E-state index in [1.54, 1.807) is 12.1 Å². The van der Waals surface area contributed by atoms with Crippen LogP contribution in [0.15, 0.2) is 39.5 Å². The van der Waals surface area contributed by atoms with Crippen LogP contribution in [-0.2, 0) is 0 Å². The quantitative estimate of drug-likeness (QED) is 0.642. The smallest absolute Gasteiger partial charge is 0.336 e. The van der Waals surface area contributed by atoms with Gasteiger partial charge in [0.1, 0.15) is 11.3 Å². The minimum Gasteiger partial charge on any atom is -0.493 e. The molecule has 0 spiro atoms. The zero-order valence-corrected chi connectivity index (χ0v) is 11.1. The molecule has 2 aromatic rings. The predicted molar refractivity (Wildman–Crippen MR) is 71.0 cm³/mol. The molecule has 1 aromatic carbocycles. The molecule has 0 N–H and O–H groups in total. The second kappa shape index (κ2) is 5.36. The fraction of sp³-hybridized carbons (Fsp3) is 0.308. The Morgan fingerprint density at radius 1 is 1.35 bits per heavy atom. The van der Waals surface area contributed by atoms with Crippen LogP contribution in [-0.4, -0.2) is 11.4 Å². The summed E-state index contributed by atoms with van der Waals surface area (Å²) in [7, 11) is 0. The first kappa shape index (κ1) is 12.2. The van der Waals surface area contributed by atoms with Gasteiger partial charge in [-0.25, -0.2) is 4.79 Å². The minimum atomic E-state index is -0.344. The van der Waals surface area contributed by atoms with Crippen molar-refractivity contribution in [2.75, 3.05) is 6.61 Å². The monoisotopic (exact) mass is 296 g/mol. The SMILES string of the molecule is CC(Br)CCOc1ccc2ccc(=O)oc2c1. The molecule has 0 saturated carbocycles. The molecule has 0 aliphatic rings. The predicted octanol–water partition coefficient (Wildman–Crippen LogP) is 3.35. The minimum absolute atomic E-state index is 0.344. The van der Waals surface area contributed by atoms with Gasteiger partial charge in [0.2, 0.25) is 0 Å². The average Bonchev–Trinajstić information content (AvgIpc) is 2.28. The molecule has 0 aliphatic heterocycles. The largest absolute Gasteiger partial charge is 0.493 e. The molecule has 0 fully saturated rings. The number of hydrogen-bond donors (Lipinski definition) is 0. The molecule has 0 saturated heterocycles. The van der Waals surface area contributed by atoms with Crippen molar-refractivity contribution in [3.05, 3.63) is 40.8 Å². The molecule has 90 valence electrons. The van der Waals surface area contributed by atoms with Crippen molar-refractivity contribution < 1.29 is 9.15 Å². The summed E-state index contributed by atoms with van der Waals surface area (Å²) in [6.07, 6.45) is 0.927. The van der Waals surface area contributed by atoms with Gasteiger partial charge in [0.15, 0.2) is 0 Å². The van der Waals surface area contributed by atoms with Crippen LogP contribution in [0.3, 0.4) is 0 Å². The first-order chi connectivity index (χ1) is 8.15. The fourth-order valence-corrected chi connectivity index (χ4v) is 1.66. The van der Waals surface area contributed by atoms with Gasteiger partial charge in [-0.05, 0) is 24.6 Å². The van der Waals surface area contributed by atoms with E-state index < -0.39 is 0 Å². The third kappa shape index (κ3) is 3.33. The molecule has 1 unspecified atom stereocenters. The first-order valence-electron chi connectivity index (χ1n) is 5.46. The lowest BCUT2D eigenvalue weighted by Crippen LogP contribution is -2.02. The van der Waals surface area contributed by atoms with Crippen LogP contribution in [0.25, 0.3) is 11.0 Å². The van der Waals surface area contributed by atoms with Gasteiger partial charge in [0.05, 0.1) is 6.61 Å². The summed E-state index contributed by atoms with van der Waals surface area (Å²) in [4.78, 5) is 11.5. The molecule has 17 heavy (non-hydrogen) atoms. The molecule has 1 aromatic heterocycles. The lowest BCUT2D eigenvalue weighted by atomic mass is 10.2. The second-order valence-electron chi connectivity index (χ2n) is 3.87. The Bertz CT molecular complexity index is 560. The summed E-state index contributed by atoms with van der Waals surface area (Å²) in [6, 6.07) is 8.66. The Morgan fingerprint density at radius 2 is 2.12 bits per heavy atom. The number of rotatable bonds is 4. The highest BCUT2D eigenvalue weighted by Crippen LogP contribution is 2.19. The molecule has 0 bridgehead atoms. The lowest BCUT2D eigenvalue weighted by molar-refractivity contribution is 0.312. The van der Waals surface area contributed by atoms with Crippen LogP contribution in [0.4, 0.5) is 0 Å². The van der Waals surface area contributed by atoms with E-state index in [4.69, 9.17) is 9.15 Å². The summed E-state index contributed by atoms with van der Waals surface area (Å²) in [6.45, 7) is 2.71. The number of fused-ring (bicyclic) bond motifs is 1. The van der Waals surface area contributed by atoms with Crippen molar-refractivity contribution in [3.63, 3.8) is 0 Å². The number of benzene rings is 1. The van der Waals surface area contributed by atoms with E-state index in [9.17, 15) is 4.79 Å². The standard InChI is InChI=1S/C13H13BrO3/c1-9(14)6-7-16-11-4-2-10-3-5-13(15)17-12(10)8-11/h2-5,8-9H,6-7H2,1H3. The molecule has 1 atom stereocenters. The average molecular weight is 297 g/mol. The number of alkyl halides is 1. The van der Waals surface area contributed by atoms with E-state index in [1.165, 1.54) is 6.07 Å². The fourth-order valence-electron chi connectivity index (χ4n) is 1.47. The Kier molecular flexibility index (Phi) is 3.84. The zero-order valence-electron chi connectivity index (χ0n) is 9.48. The van der Waals surface area contributed by atoms with Gasteiger partial charge in [-0.1, -0.05) is 22.9 Å². The summed E-state index contributed by atoms with van der Waals surface area (Å²) < 4.78 is 10.7. The van der Waals surface area contributed by atoms with Crippen molar-refractivity contribution in [2.24, 2.45) is 0 Å². The highest BCUT2D eigenvalue weighted by molar-refractivity contribution is 9.09. The van der Waals surface area contributed by atoms with Crippen molar-refractivity contribution >= 4 is 26.9 Å². The van der Waals surface area contributed by atoms with Gasteiger partial charge in [0, 0.05) is 22.3 Å². The van der Waals surface area contributed by atoms with Gasteiger partial charge < -0.3 is 9.15 Å². The van der Waals surface area contributed by atoms with Crippen molar-refractivity contribution in [1.29, 1.82) is 0 Å². The summed E-state index contributed by atoms with van der Waals surface area (Å²) in [5.41, 5.74) is 0.214. The molecule has 0 aliphatic carbocycles. The Balaban J connectivity index is 2.16. The van der Waals surface area contributed by atoms with Gasteiger partial charge in [-0.2, -0.15) is 0 Å². The maximum Gasteiger partial charge on any atom is 0.336 e. The molecule has 1 heterocycles. The van der Waals surface area contributed by atoms with E-state index in [1.807, 2.05) is 12.1 Å². The second-order valence-corrected chi connectivity index (χ2v) is 5.44. The van der Waals surface area contributed by atoms with Gasteiger partial charge in [-0.3, -0.25) is 0 Å². The molecule has 0 radical (unpaired) electrons. The van der Waals surface area contributed by atoms with E-state index in [0.29, 0.717) is 17.0 Å². The Hall–Kier alpha value is -1.29. The first-order valence-corrected chi connectivity index (χ1v) is 6.37. The van der Waals surface area contributed by atoms with Crippen LogP contribution in [0, 0.1) is 0 Å². The molecule has 2 rings (SSSR count). The van der Waals surface area contributed by atoms with Gasteiger partial charge in [-0.15, -0.1) is 0 Å². The highest BCUT2D eigenvalue weighted by atomic mass is 79.9. The van der Waals surface area contributed by atoms with Crippen molar-refractivity contribution in [1.82, 2.24) is 0 Å². The highest BCUT2D eigenvalue weighted by Gasteiger charge is 2.01. The third-order valence-electron chi connectivity index (χ3n) is 2.38. The maximum absolute atomic E-state index is 11.1. The summed E-state index contributed by atoms with van der Waals surface area (Å²) in [5.74, 6) is 0.722. The van der Waals surface area contributed by atoms with Crippen LogP contribution in [0.2, 0.25) is 0 Å². The molecule has 3 nitrogen and oxygen atoms in total. The van der Waals surface area contributed by atoms with Crippen molar-refractivity contribution in [3.8, 4) is 5.75 Å². The van der Waals surface area contributed by atoms with Gasteiger partial charge >= 0.3 is 5.63 Å². The van der Waals surface area contributed by atoms with Crippen LogP contribution < -0.4 is 10.4 Å². The number of halogens is 1. The van der Waals surface area contributed by atoms with E-state index in [2.05, 4.69) is 22.9 Å². The maximum atomic E-state index is 11.1.